The summed E-state index contributed by atoms with van der Waals surface area (Å²) in [5.74, 6) is -2.69. The summed E-state index contributed by atoms with van der Waals surface area (Å²) in [5.41, 5.74) is 9.63. The Morgan fingerprint density at radius 3 is 1.08 bits per heavy atom. The fourth-order valence-corrected chi connectivity index (χ4v) is 1.65. The summed E-state index contributed by atoms with van der Waals surface area (Å²) in [5, 5.41) is 93.4. The van der Waals surface area contributed by atoms with Gasteiger partial charge in [0.05, 0.1) is 13.2 Å². The van der Waals surface area contributed by atoms with Crippen molar-refractivity contribution in [1.82, 2.24) is 10.6 Å². The molecule has 0 aromatic rings. The monoisotopic (exact) mass is 574 g/mol. The minimum Gasteiger partial charge on any atom is -0.394 e. The van der Waals surface area contributed by atoms with Crippen LogP contribution in [0, 0.1) is 0 Å². The van der Waals surface area contributed by atoms with E-state index in [1.54, 1.807) is 6.92 Å². The molecule has 0 rings (SSSR count). The zero-order chi connectivity index (χ0) is 32.0. The van der Waals surface area contributed by atoms with E-state index >= 15 is 0 Å². The van der Waals surface area contributed by atoms with E-state index in [0.29, 0.717) is 5.57 Å². The van der Waals surface area contributed by atoms with Crippen LogP contribution in [-0.4, -0.2) is 151 Å². The van der Waals surface area contributed by atoms with Gasteiger partial charge in [-0.05, 0) is 13.0 Å². The third kappa shape index (κ3) is 20.6. The van der Waals surface area contributed by atoms with Crippen LogP contribution in [0.2, 0.25) is 0 Å². The molecule has 0 aliphatic carbocycles. The van der Waals surface area contributed by atoms with Crippen molar-refractivity contribution in [1.29, 1.82) is 0 Å². The maximum Gasteiger partial charge on any atom is 0.251 e. The molecule has 0 saturated carbocycles. The van der Waals surface area contributed by atoms with Crippen LogP contribution in [-0.2, 0) is 19.2 Å². The first-order valence-electron chi connectivity index (χ1n) is 10.8. The van der Waals surface area contributed by atoms with Crippen molar-refractivity contribution in [3.8, 4) is 0 Å². The number of aliphatic hydroxyl groups excluding tert-OH is 10. The highest BCUT2D eigenvalue weighted by Gasteiger charge is 2.34. The lowest BCUT2D eigenvalue weighted by molar-refractivity contribution is -0.148. The molecule has 16 N–H and O–H groups in total. The van der Waals surface area contributed by atoms with Crippen LogP contribution in [0.5, 0.6) is 0 Å². The number of nitrogens with one attached hydrogen (secondary N) is 2. The molecule has 0 bridgehead atoms. The number of amides is 4. The highest BCUT2D eigenvalue weighted by Crippen LogP contribution is 2.05. The van der Waals surface area contributed by atoms with E-state index in [2.05, 4.69) is 29.5 Å². The van der Waals surface area contributed by atoms with Gasteiger partial charge in [-0.3, -0.25) is 19.2 Å². The van der Waals surface area contributed by atoms with Crippen molar-refractivity contribution >= 4 is 23.6 Å². The van der Waals surface area contributed by atoms with Crippen molar-refractivity contribution < 1.29 is 70.2 Å². The Labute approximate surface area is 224 Å². The molecule has 230 valence electrons. The number of hydrogen-bond acceptors (Lipinski definition) is 14. The van der Waals surface area contributed by atoms with Gasteiger partial charge in [0.15, 0.2) is 12.2 Å². The van der Waals surface area contributed by atoms with Crippen LogP contribution in [0.3, 0.4) is 0 Å². The van der Waals surface area contributed by atoms with Gasteiger partial charge in [-0.25, -0.2) is 0 Å². The minimum absolute atomic E-state index is 0.398. The molecule has 18 nitrogen and oxygen atoms in total. The quantitative estimate of drug-likeness (QED) is 0.0962. The van der Waals surface area contributed by atoms with Crippen molar-refractivity contribution in [3.05, 3.63) is 24.8 Å². The van der Waals surface area contributed by atoms with Gasteiger partial charge in [-0.2, -0.15) is 0 Å². The van der Waals surface area contributed by atoms with E-state index in [-0.39, 0.29) is 0 Å². The first-order chi connectivity index (χ1) is 17.8. The molecular formula is C21H42N4O14. The van der Waals surface area contributed by atoms with E-state index in [0.717, 1.165) is 6.08 Å². The average Bonchev–Trinajstić information content (AvgIpc) is 2.93. The molecule has 8 atom stereocenters. The lowest BCUT2D eigenvalue weighted by Crippen LogP contribution is -2.51. The van der Waals surface area contributed by atoms with Crippen LogP contribution in [0.25, 0.3) is 0 Å². The lowest BCUT2D eigenvalue weighted by Gasteiger charge is -2.24. The second kappa shape index (κ2) is 24.0. The van der Waals surface area contributed by atoms with Gasteiger partial charge in [0.1, 0.15) is 36.6 Å². The molecule has 0 heterocycles. The maximum absolute atomic E-state index is 10.8. The molecule has 18 heteroatoms. The summed E-state index contributed by atoms with van der Waals surface area (Å²) in [7, 11) is 2.49. The third-order valence-corrected chi connectivity index (χ3v) is 4.16. The van der Waals surface area contributed by atoms with Gasteiger partial charge >= 0.3 is 0 Å². The first kappa shape index (κ1) is 43.0. The molecule has 0 saturated heterocycles. The van der Waals surface area contributed by atoms with Gasteiger partial charge in [-0.1, -0.05) is 13.2 Å². The van der Waals surface area contributed by atoms with Gasteiger partial charge in [0, 0.05) is 19.7 Å². The van der Waals surface area contributed by atoms with Crippen molar-refractivity contribution in [2.75, 3.05) is 27.3 Å². The van der Waals surface area contributed by atoms with Crippen molar-refractivity contribution in [2.24, 2.45) is 11.5 Å². The third-order valence-electron chi connectivity index (χ3n) is 4.16. The number of rotatable bonds is 12. The topological polar surface area (TPSA) is 347 Å². The summed E-state index contributed by atoms with van der Waals surface area (Å²) < 4.78 is 0. The second-order valence-corrected chi connectivity index (χ2v) is 7.33. The summed E-state index contributed by atoms with van der Waals surface area (Å²) in [6.07, 6.45) is -13.1. The molecule has 4 amide bonds. The Balaban J connectivity index is -0.000000229. The predicted molar refractivity (Wildman–Crippen MR) is 134 cm³/mol. The lowest BCUT2D eigenvalue weighted by atomic mass is 10.0. The highest BCUT2D eigenvalue weighted by molar-refractivity contribution is 5.90. The number of carbonyl (C=O) groups excluding carboxylic acids is 4. The average molecular weight is 575 g/mol. The van der Waals surface area contributed by atoms with Gasteiger partial charge in [-0.15, -0.1) is 0 Å². The molecule has 0 aromatic heterocycles. The Hall–Kier alpha value is -3.04. The molecule has 0 spiro atoms. The number of carbonyl (C=O) groups is 4. The largest absolute Gasteiger partial charge is 0.394 e. The molecule has 0 radical (unpaired) electrons. The van der Waals surface area contributed by atoms with E-state index < -0.39 is 85.7 Å². The van der Waals surface area contributed by atoms with Crippen LogP contribution < -0.4 is 22.1 Å². The molecule has 39 heavy (non-hydrogen) atoms. The highest BCUT2D eigenvalue weighted by atomic mass is 16.4. The Morgan fingerprint density at radius 2 is 0.949 bits per heavy atom. The van der Waals surface area contributed by atoms with Crippen LogP contribution >= 0.6 is 0 Å². The number of likely N-dealkylation sites (N-methyl/N-ethyl adjacent to an activating group) is 2. The van der Waals surface area contributed by atoms with Gasteiger partial charge < -0.3 is 73.2 Å². The standard InChI is InChI=1S/2C7H15NO6.C4H7NO.C3H5NO/c2*1-8-7(14)6(13)5(12)4(11)3(10)2-9;1-3(2)4(5)6;1-2-3(4)5/h2*3-6,9-13H,2H2,1H3,(H,8,14);1H2,2H3,(H2,5,6);2H,1H2,(H2,4,5)/t2*3-,4-,5+,6-;;/m11../s1. The fourth-order valence-electron chi connectivity index (χ4n) is 1.65. The van der Waals surface area contributed by atoms with E-state index in [1.165, 1.54) is 14.1 Å². The van der Waals surface area contributed by atoms with E-state index in [1.807, 2.05) is 0 Å². The number of nitrogens with two attached hydrogens (primary N) is 2. The number of aliphatic hydroxyl groups is 10. The normalized spacial score (nSPS) is 16.0. The molecule has 0 unspecified atom stereocenters. The maximum atomic E-state index is 10.8. The molecule has 0 aromatic carbocycles. The summed E-state index contributed by atoms with van der Waals surface area (Å²) in [6, 6.07) is 0. The number of hydrogen-bond donors (Lipinski definition) is 14. The van der Waals surface area contributed by atoms with Gasteiger partial charge in [0.2, 0.25) is 11.8 Å². The van der Waals surface area contributed by atoms with Crippen LogP contribution in [0.15, 0.2) is 24.8 Å². The summed E-state index contributed by atoms with van der Waals surface area (Å²) in [6.45, 7) is 6.38. The predicted octanol–water partition coefficient (Wildman–Crippen LogP) is -7.96. The SMILES string of the molecule is C=C(C)C(N)=O.C=CC(N)=O.CNC(=O)[C@H](O)[C@@H](O)[C@H](O)[C@H](O)CO.CNC(=O)[C@H](O)[C@@H](O)[C@H](O)[C@H](O)CO. The summed E-state index contributed by atoms with van der Waals surface area (Å²) in [4.78, 5) is 40.9. The Morgan fingerprint density at radius 1 is 0.718 bits per heavy atom. The zero-order valence-electron chi connectivity index (χ0n) is 21.8. The first-order valence-corrected chi connectivity index (χ1v) is 10.8. The van der Waals surface area contributed by atoms with Crippen LogP contribution in [0.1, 0.15) is 6.92 Å². The van der Waals surface area contributed by atoms with Crippen molar-refractivity contribution in [2.45, 2.75) is 55.8 Å². The molecule has 0 aliphatic rings. The smallest absolute Gasteiger partial charge is 0.251 e. The van der Waals surface area contributed by atoms with E-state index in [4.69, 9.17) is 56.8 Å². The second-order valence-electron chi connectivity index (χ2n) is 7.33. The Bertz CT molecular complexity index is 702. The van der Waals surface area contributed by atoms with Gasteiger partial charge in [0.25, 0.3) is 11.8 Å². The number of primary amides is 2. The van der Waals surface area contributed by atoms with Crippen LogP contribution in [0.4, 0.5) is 0 Å². The minimum atomic E-state index is -1.85. The Kier molecular flexibility index (Phi) is 26.5. The fraction of sp³-hybridized carbons (Fsp3) is 0.619. The molecule has 0 fully saturated rings. The summed E-state index contributed by atoms with van der Waals surface area (Å²) >= 11 is 0. The molecule has 0 aliphatic heterocycles. The molecular weight excluding hydrogens is 532 g/mol. The van der Waals surface area contributed by atoms with Crippen molar-refractivity contribution in [3.63, 3.8) is 0 Å². The zero-order valence-corrected chi connectivity index (χ0v) is 21.8. The van der Waals surface area contributed by atoms with E-state index in [9.17, 15) is 19.2 Å².